The van der Waals surface area contributed by atoms with Crippen molar-refractivity contribution in [1.82, 2.24) is 5.32 Å². The first-order valence-electron chi connectivity index (χ1n) is 8.47. The fourth-order valence-corrected chi connectivity index (χ4v) is 3.00. The number of hydrogen-bond donors (Lipinski definition) is 2. The van der Waals surface area contributed by atoms with Gasteiger partial charge in [0.25, 0.3) is 5.91 Å². The van der Waals surface area contributed by atoms with Gasteiger partial charge in [0.15, 0.2) is 18.0 Å². The topological polar surface area (TPSA) is 52.0 Å². The van der Waals surface area contributed by atoms with E-state index in [4.69, 9.17) is 21.1 Å². The summed E-state index contributed by atoms with van der Waals surface area (Å²) in [5.74, 6) is 1.41. The van der Waals surface area contributed by atoms with E-state index in [2.05, 4.69) is 5.32 Å². The molecule has 1 atom stereocenters. The highest BCUT2D eigenvalue weighted by molar-refractivity contribution is 6.30. The summed E-state index contributed by atoms with van der Waals surface area (Å²) in [4.78, 5) is 13.3. The van der Waals surface area contributed by atoms with Crippen LogP contribution in [-0.4, -0.2) is 33.7 Å². The van der Waals surface area contributed by atoms with E-state index in [9.17, 15) is 4.79 Å². The molecule has 0 aliphatic carbocycles. The van der Waals surface area contributed by atoms with E-state index in [1.54, 1.807) is 14.2 Å². The Labute approximate surface area is 159 Å². The molecule has 0 saturated heterocycles. The van der Waals surface area contributed by atoms with E-state index in [1.807, 2.05) is 50.4 Å². The maximum Gasteiger partial charge on any atom is 0.275 e. The summed E-state index contributed by atoms with van der Waals surface area (Å²) in [6.45, 7) is 3.61. The number of carbonyl (C=O) groups is 1. The highest BCUT2D eigenvalue weighted by Crippen LogP contribution is 2.29. The summed E-state index contributed by atoms with van der Waals surface area (Å²) in [5.41, 5.74) is 3.23. The predicted molar refractivity (Wildman–Crippen MR) is 103 cm³/mol. The molecule has 0 aliphatic rings. The summed E-state index contributed by atoms with van der Waals surface area (Å²) in [5, 5.41) is 3.61. The number of quaternary nitrogens is 1. The first-order valence-corrected chi connectivity index (χ1v) is 8.84. The number of likely N-dealkylation sites (N-methyl/N-ethyl adjacent to an activating group) is 1. The lowest BCUT2D eigenvalue weighted by Gasteiger charge is -2.17. The third-order valence-electron chi connectivity index (χ3n) is 4.18. The van der Waals surface area contributed by atoms with Crippen molar-refractivity contribution in [3.05, 3.63) is 58.1 Å². The van der Waals surface area contributed by atoms with Crippen LogP contribution in [0.25, 0.3) is 0 Å². The van der Waals surface area contributed by atoms with Crippen LogP contribution in [0.4, 0.5) is 0 Å². The number of amides is 1. The maximum absolute atomic E-state index is 12.2. The molecule has 0 heterocycles. The van der Waals surface area contributed by atoms with Crippen molar-refractivity contribution in [2.45, 2.75) is 20.0 Å². The summed E-state index contributed by atoms with van der Waals surface area (Å²) in [7, 11) is 5.24. The monoisotopic (exact) mass is 377 g/mol. The molecule has 0 bridgehead atoms. The number of methoxy groups -OCH3 is 2. The van der Waals surface area contributed by atoms with Gasteiger partial charge in [-0.15, -0.1) is 0 Å². The number of hydrogen-bond acceptors (Lipinski definition) is 3. The van der Waals surface area contributed by atoms with Gasteiger partial charge >= 0.3 is 0 Å². The molecular weight excluding hydrogens is 352 g/mol. The molecular formula is C20H26ClN2O3+. The van der Waals surface area contributed by atoms with Gasteiger partial charge in [0.1, 0.15) is 6.54 Å². The van der Waals surface area contributed by atoms with Gasteiger partial charge in [-0.05, 0) is 42.3 Å². The second-order valence-electron chi connectivity index (χ2n) is 6.35. The molecule has 0 fully saturated rings. The molecule has 1 unspecified atom stereocenters. The lowest BCUT2D eigenvalue weighted by Crippen LogP contribution is -3.08. The minimum Gasteiger partial charge on any atom is -0.493 e. The fourth-order valence-electron chi connectivity index (χ4n) is 2.78. The predicted octanol–water partition coefficient (Wildman–Crippen LogP) is 2.00. The lowest BCUT2D eigenvalue weighted by atomic mass is 10.1. The van der Waals surface area contributed by atoms with Crippen LogP contribution >= 0.6 is 11.6 Å². The maximum atomic E-state index is 12.2. The highest BCUT2D eigenvalue weighted by atomic mass is 35.5. The van der Waals surface area contributed by atoms with E-state index in [0.29, 0.717) is 29.6 Å². The molecule has 5 nitrogen and oxygen atoms in total. The van der Waals surface area contributed by atoms with Gasteiger partial charge < -0.3 is 19.7 Å². The van der Waals surface area contributed by atoms with Crippen LogP contribution in [0.3, 0.4) is 0 Å². The normalized spacial score (nSPS) is 11.7. The van der Waals surface area contributed by atoms with Gasteiger partial charge in [0.2, 0.25) is 0 Å². The van der Waals surface area contributed by atoms with Crippen molar-refractivity contribution >= 4 is 17.5 Å². The van der Waals surface area contributed by atoms with Gasteiger partial charge in [0.05, 0.1) is 21.3 Å². The molecule has 26 heavy (non-hydrogen) atoms. The van der Waals surface area contributed by atoms with Crippen LogP contribution in [-0.2, 0) is 17.9 Å². The largest absolute Gasteiger partial charge is 0.493 e. The van der Waals surface area contributed by atoms with Crippen molar-refractivity contribution in [2.24, 2.45) is 0 Å². The van der Waals surface area contributed by atoms with E-state index in [-0.39, 0.29) is 5.91 Å². The van der Waals surface area contributed by atoms with E-state index < -0.39 is 0 Å². The van der Waals surface area contributed by atoms with Crippen molar-refractivity contribution in [3.63, 3.8) is 0 Å². The van der Waals surface area contributed by atoms with Crippen LogP contribution < -0.4 is 19.7 Å². The van der Waals surface area contributed by atoms with E-state index >= 15 is 0 Å². The second-order valence-corrected chi connectivity index (χ2v) is 6.79. The van der Waals surface area contributed by atoms with Crippen LogP contribution in [0.2, 0.25) is 5.02 Å². The first kappa shape index (κ1) is 20.1. The molecule has 0 saturated carbocycles. The first-order chi connectivity index (χ1) is 12.4. The lowest BCUT2D eigenvalue weighted by molar-refractivity contribution is -0.885. The fraction of sp³-hybridized carbons (Fsp3) is 0.350. The van der Waals surface area contributed by atoms with Crippen LogP contribution in [0.5, 0.6) is 11.5 Å². The molecule has 2 aromatic rings. The minimum atomic E-state index is 0.000560. The average Bonchev–Trinajstić information content (AvgIpc) is 2.61. The van der Waals surface area contributed by atoms with E-state index in [1.165, 1.54) is 0 Å². The molecule has 2 aromatic carbocycles. The quantitative estimate of drug-likeness (QED) is 0.739. The number of benzene rings is 2. The Morgan fingerprint density at radius 1 is 1.15 bits per heavy atom. The molecule has 0 radical (unpaired) electrons. The summed E-state index contributed by atoms with van der Waals surface area (Å²) in [6.07, 6.45) is 0. The molecule has 2 N–H and O–H groups in total. The number of ether oxygens (including phenoxy) is 2. The van der Waals surface area contributed by atoms with Crippen LogP contribution in [0, 0.1) is 6.92 Å². The minimum absolute atomic E-state index is 0.000560. The number of carbonyl (C=O) groups excluding carboxylic acids is 1. The molecule has 0 aliphatic heterocycles. The van der Waals surface area contributed by atoms with Crippen molar-refractivity contribution in [1.29, 1.82) is 0 Å². The zero-order valence-corrected chi connectivity index (χ0v) is 16.4. The van der Waals surface area contributed by atoms with Crippen molar-refractivity contribution < 1.29 is 19.2 Å². The number of nitrogens with one attached hydrogen (secondary N) is 2. The van der Waals surface area contributed by atoms with Crippen LogP contribution in [0.15, 0.2) is 36.4 Å². The SMILES string of the molecule is COc1cc(C)c(C[NH+](C)CC(=O)NCc2cccc(Cl)c2)cc1OC. The zero-order valence-electron chi connectivity index (χ0n) is 15.7. The Morgan fingerprint density at radius 3 is 2.50 bits per heavy atom. The molecule has 2 rings (SSSR count). The van der Waals surface area contributed by atoms with Gasteiger partial charge in [-0.3, -0.25) is 4.79 Å². The highest BCUT2D eigenvalue weighted by Gasteiger charge is 2.14. The Balaban J connectivity index is 1.91. The van der Waals surface area contributed by atoms with Crippen molar-refractivity contribution in [3.8, 4) is 11.5 Å². The number of aryl methyl sites for hydroxylation is 1. The van der Waals surface area contributed by atoms with Gasteiger partial charge in [-0.2, -0.15) is 0 Å². The van der Waals surface area contributed by atoms with E-state index in [0.717, 1.165) is 28.1 Å². The summed E-state index contributed by atoms with van der Waals surface area (Å²) < 4.78 is 10.7. The third kappa shape index (κ3) is 5.64. The molecule has 0 aromatic heterocycles. The molecule has 1 amide bonds. The van der Waals surface area contributed by atoms with Gasteiger partial charge in [0, 0.05) is 17.1 Å². The Kier molecular flexibility index (Phi) is 7.30. The Bertz CT molecular complexity index is 765. The molecule has 140 valence electrons. The average molecular weight is 378 g/mol. The summed E-state index contributed by atoms with van der Waals surface area (Å²) >= 11 is 5.96. The molecule has 0 spiro atoms. The number of rotatable bonds is 8. The third-order valence-corrected chi connectivity index (χ3v) is 4.41. The zero-order chi connectivity index (χ0) is 19.1. The second kappa shape index (κ2) is 9.46. The van der Waals surface area contributed by atoms with Gasteiger partial charge in [-0.25, -0.2) is 0 Å². The van der Waals surface area contributed by atoms with Gasteiger partial charge in [-0.1, -0.05) is 23.7 Å². The summed E-state index contributed by atoms with van der Waals surface area (Å²) in [6, 6.07) is 11.4. The van der Waals surface area contributed by atoms with Crippen molar-refractivity contribution in [2.75, 3.05) is 27.8 Å². The number of halogens is 1. The standard InChI is InChI=1S/C20H25ClN2O3/c1-14-8-18(25-3)19(26-4)10-16(14)12-23(2)13-20(24)22-11-15-6-5-7-17(21)9-15/h5-10H,11-13H2,1-4H3,(H,22,24)/p+1. The molecule has 6 heteroatoms. The smallest absolute Gasteiger partial charge is 0.275 e. The Hall–Kier alpha value is -2.24. The van der Waals surface area contributed by atoms with Crippen LogP contribution in [0.1, 0.15) is 16.7 Å². The Morgan fingerprint density at radius 2 is 1.85 bits per heavy atom.